The average Bonchev–Trinajstić information content (AvgIpc) is 2.49. The van der Waals surface area contributed by atoms with Crippen LogP contribution in [0, 0.1) is 5.82 Å². The van der Waals surface area contributed by atoms with Gasteiger partial charge >= 0.3 is 0 Å². The van der Waals surface area contributed by atoms with Crippen LogP contribution in [0.2, 0.25) is 0 Å². The van der Waals surface area contributed by atoms with Crippen LogP contribution in [0.3, 0.4) is 0 Å². The van der Waals surface area contributed by atoms with Gasteiger partial charge in [0.2, 0.25) is 5.52 Å². The average molecular weight is 287 g/mol. The molecule has 4 heteroatoms. The van der Waals surface area contributed by atoms with Gasteiger partial charge in [-0.3, -0.25) is 0 Å². The molecule has 0 aliphatic carbocycles. The molecule has 1 heterocycles. The molecule has 0 aliphatic rings. The third-order valence-electron chi connectivity index (χ3n) is 2.94. The van der Waals surface area contributed by atoms with Crippen molar-refractivity contribution in [2.75, 3.05) is 6.26 Å². The molecule has 0 amide bonds. The lowest BCUT2D eigenvalue weighted by atomic mass is 10.1. The maximum absolute atomic E-state index is 13.2. The Labute approximate surface area is 123 Å². The molecule has 0 fully saturated rings. The van der Waals surface area contributed by atoms with E-state index in [4.69, 9.17) is 0 Å². The molecule has 102 valence electrons. The summed E-state index contributed by atoms with van der Waals surface area (Å²) in [6.45, 7) is 0. The van der Waals surface area contributed by atoms with Gasteiger partial charge in [0, 0.05) is 11.6 Å². The van der Waals surface area contributed by atoms with Crippen LogP contribution >= 0.6 is 12.6 Å². The van der Waals surface area contributed by atoms with Crippen LogP contribution in [-0.2, 0) is 7.05 Å². The molecular formula is C16H16FN2S+. The van der Waals surface area contributed by atoms with Gasteiger partial charge in [-0.15, -0.1) is 0 Å². The van der Waals surface area contributed by atoms with Crippen molar-refractivity contribution in [3.05, 3.63) is 60.5 Å². The monoisotopic (exact) mass is 287 g/mol. The second kappa shape index (κ2) is 6.48. The number of halogens is 1. The van der Waals surface area contributed by atoms with Crippen molar-refractivity contribution in [2.24, 2.45) is 7.05 Å². The first-order valence-corrected chi connectivity index (χ1v) is 7.09. The Morgan fingerprint density at radius 2 is 1.80 bits per heavy atom. The molecule has 3 aromatic rings. The lowest BCUT2D eigenvalue weighted by molar-refractivity contribution is -0.644. The van der Waals surface area contributed by atoms with Crippen molar-refractivity contribution in [1.29, 1.82) is 0 Å². The van der Waals surface area contributed by atoms with Gasteiger partial charge in [-0.25, -0.2) is 9.37 Å². The minimum atomic E-state index is -0.245. The maximum Gasteiger partial charge on any atom is 0.230 e. The molecule has 0 N–H and O–H groups in total. The second-order valence-electron chi connectivity index (χ2n) is 4.24. The molecule has 2 nitrogen and oxygen atoms in total. The van der Waals surface area contributed by atoms with Crippen LogP contribution in [0.15, 0.2) is 54.7 Å². The summed E-state index contributed by atoms with van der Waals surface area (Å²) in [4.78, 5) is 4.56. The van der Waals surface area contributed by atoms with Gasteiger partial charge in [0.1, 0.15) is 24.1 Å². The maximum atomic E-state index is 13.2. The van der Waals surface area contributed by atoms with Crippen molar-refractivity contribution in [3.8, 4) is 11.3 Å². The normalized spacial score (nSPS) is 10.0. The van der Waals surface area contributed by atoms with Gasteiger partial charge in [-0.2, -0.15) is 17.2 Å². The zero-order chi connectivity index (χ0) is 14.5. The molecule has 1 aromatic heterocycles. The van der Waals surface area contributed by atoms with Gasteiger partial charge in [0.15, 0.2) is 6.20 Å². The van der Waals surface area contributed by atoms with E-state index < -0.39 is 0 Å². The van der Waals surface area contributed by atoms with Gasteiger partial charge in [-0.05, 0) is 24.5 Å². The van der Waals surface area contributed by atoms with Crippen LogP contribution in [0.5, 0.6) is 0 Å². The highest BCUT2D eigenvalue weighted by Gasteiger charge is 2.10. The number of benzene rings is 2. The number of para-hydroxylation sites is 2. The van der Waals surface area contributed by atoms with E-state index >= 15 is 0 Å². The number of aromatic nitrogens is 2. The van der Waals surface area contributed by atoms with Crippen molar-refractivity contribution in [3.63, 3.8) is 0 Å². The van der Waals surface area contributed by atoms with Gasteiger partial charge in [-0.1, -0.05) is 24.3 Å². The fourth-order valence-electron chi connectivity index (χ4n) is 2.06. The van der Waals surface area contributed by atoms with E-state index in [1.807, 2.05) is 48.1 Å². The smallest absolute Gasteiger partial charge is 0.230 e. The SMILES string of the molecule is CS.C[n+]1cc(-c2cccc(F)c2)nc2ccccc21. The van der Waals surface area contributed by atoms with Gasteiger partial charge in [0.05, 0.1) is 0 Å². The van der Waals surface area contributed by atoms with Crippen LogP contribution in [0.1, 0.15) is 0 Å². The lowest BCUT2D eigenvalue weighted by Gasteiger charge is -2.02. The fraction of sp³-hybridized carbons (Fsp3) is 0.125. The molecule has 0 atom stereocenters. The van der Waals surface area contributed by atoms with E-state index in [0.717, 1.165) is 22.3 Å². The summed E-state index contributed by atoms with van der Waals surface area (Å²) < 4.78 is 15.2. The van der Waals surface area contributed by atoms with Crippen molar-refractivity contribution < 1.29 is 8.96 Å². The Kier molecular flexibility index (Phi) is 4.69. The third kappa shape index (κ3) is 2.96. The highest BCUT2D eigenvalue weighted by molar-refractivity contribution is 7.79. The van der Waals surface area contributed by atoms with Crippen molar-refractivity contribution in [2.45, 2.75) is 0 Å². The summed E-state index contributed by atoms with van der Waals surface area (Å²) in [5, 5.41) is 0. The first-order valence-electron chi connectivity index (χ1n) is 6.20. The number of hydrogen-bond donors (Lipinski definition) is 1. The highest BCUT2D eigenvalue weighted by Crippen LogP contribution is 2.18. The van der Waals surface area contributed by atoms with Crippen LogP contribution in [-0.4, -0.2) is 11.2 Å². The fourth-order valence-corrected chi connectivity index (χ4v) is 2.06. The number of fused-ring (bicyclic) bond motifs is 1. The molecule has 0 aliphatic heterocycles. The Bertz CT molecular complexity index is 728. The van der Waals surface area contributed by atoms with Crippen molar-refractivity contribution >= 4 is 23.7 Å². The first-order chi connectivity index (χ1) is 9.74. The Balaban J connectivity index is 0.000000704. The highest BCUT2D eigenvalue weighted by atomic mass is 32.1. The Morgan fingerprint density at radius 3 is 2.55 bits per heavy atom. The second-order valence-corrected chi connectivity index (χ2v) is 4.24. The topological polar surface area (TPSA) is 16.8 Å². The number of thiol groups is 1. The van der Waals surface area contributed by atoms with Gasteiger partial charge in [0.25, 0.3) is 0 Å². The quantitative estimate of drug-likeness (QED) is 0.536. The third-order valence-corrected chi connectivity index (χ3v) is 2.94. The van der Waals surface area contributed by atoms with E-state index in [-0.39, 0.29) is 5.82 Å². The minimum Gasteiger partial charge on any atom is -0.235 e. The van der Waals surface area contributed by atoms with Crippen LogP contribution in [0.25, 0.3) is 22.3 Å². The minimum absolute atomic E-state index is 0.245. The van der Waals surface area contributed by atoms with E-state index in [1.165, 1.54) is 12.1 Å². The Hall–Kier alpha value is -1.94. The zero-order valence-electron chi connectivity index (χ0n) is 11.4. The summed E-state index contributed by atoms with van der Waals surface area (Å²) >= 11 is 3.53. The number of nitrogens with zero attached hydrogens (tertiary/aromatic N) is 2. The molecular weight excluding hydrogens is 271 g/mol. The lowest BCUT2D eigenvalue weighted by Crippen LogP contribution is -2.29. The largest absolute Gasteiger partial charge is 0.235 e. The number of hydrogen-bond acceptors (Lipinski definition) is 2. The predicted octanol–water partition coefficient (Wildman–Crippen LogP) is 3.41. The molecule has 2 aromatic carbocycles. The van der Waals surface area contributed by atoms with E-state index in [0.29, 0.717) is 0 Å². The molecule has 0 saturated carbocycles. The van der Waals surface area contributed by atoms with E-state index in [2.05, 4.69) is 17.6 Å². The molecule has 0 unspecified atom stereocenters. The summed E-state index contributed by atoms with van der Waals surface area (Å²) in [5.41, 5.74) is 3.52. The molecule has 3 rings (SSSR count). The van der Waals surface area contributed by atoms with Crippen LogP contribution in [0.4, 0.5) is 4.39 Å². The van der Waals surface area contributed by atoms with E-state index in [1.54, 1.807) is 12.3 Å². The molecule has 0 bridgehead atoms. The molecule has 0 radical (unpaired) electrons. The number of aryl methyl sites for hydroxylation is 1. The van der Waals surface area contributed by atoms with E-state index in [9.17, 15) is 4.39 Å². The van der Waals surface area contributed by atoms with Crippen LogP contribution < -0.4 is 4.57 Å². The predicted molar refractivity (Wildman–Crippen MR) is 83.2 cm³/mol. The van der Waals surface area contributed by atoms with Gasteiger partial charge < -0.3 is 0 Å². The standard InChI is InChI=1S/C15H12FN2.CH4S/c1-18-10-14(11-5-4-6-12(16)9-11)17-13-7-2-3-8-15(13)18;1-2/h2-10H,1H3;2H,1H3/q+1;. The summed E-state index contributed by atoms with van der Waals surface area (Å²) in [6, 6.07) is 14.4. The summed E-state index contributed by atoms with van der Waals surface area (Å²) in [7, 11) is 1.97. The summed E-state index contributed by atoms with van der Waals surface area (Å²) in [6.07, 6.45) is 3.61. The first kappa shape index (κ1) is 14.5. The zero-order valence-corrected chi connectivity index (χ0v) is 12.3. The molecule has 0 saturated heterocycles. The molecule has 0 spiro atoms. The molecule has 20 heavy (non-hydrogen) atoms. The Morgan fingerprint density at radius 1 is 1.05 bits per heavy atom. The number of rotatable bonds is 1. The van der Waals surface area contributed by atoms with Crippen molar-refractivity contribution in [1.82, 2.24) is 4.98 Å². The summed E-state index contributed by atoms with van der Waals surface area (Å²) in [5.74, 6) is -0.245.